The van der Waals surface area contributed by atoms with Crippen LogP contribution in [0.4, 0.5) is 0 Å². The zero-order valence-electron chi connectivity index (χ0n) is 8.69. The number of aldehydes is 1. The third-order valence-corrected chi connectivity index (χ3v) is 1.85. The molecule has 0 bridgehead atoms. The highest BCUT2D eigenvalue weighted by molar-refractivity contribution is 5.91. The van der Waals surface area contributed by atoms with Gasteiger partial charge in [-0.15, -0.1) is 0 Å². The van der Waals surface area contributed by atoms with Gasteiger partial charge in [-0.3, -0.25) is 0 Å². The highest BCUT2D eigenvalue weighted by Crippen LogP contribution is 2.19. The molecule has 0 aliphatic heterocycles. The smallest absolute Gasteiger partial charge is 0.339 e. The van der Waals surface area contributed by atoms with E-state index in [1.165, 1.54) is 19.2 Å². The Morgan fingerprint density at radius 3 is 2.88 bits per heavy atom. The third kappa shape index (κ3) is 2.85. The molecule has 1 rings (SSSR count). The van der Waals surface area contributed by atoms with Crippen molar-refractivity contribution >= 4 is 12.3 Å². The number of hydrogen-bond acceptors (Lipinski definition) is 3. The number of carboxylic acid groups (broad SMARTS) is 1. The van der Waals surface area contributed by atoms with Gasteiger partial charge in [-0.05, 0) is 18.2 Å². The molecule has 1 aromatic rings. The van der Waals surface area contributed by atoms with Crippen molar-refractivity contribution in [3.8, 4) is 17.6 Å². The predicted molar refractivity (Wildman–Crippen MR) is 57.5 cm³/mol. The highest BCUT2D eigenvalue weighted by Gasteiger charge is 2.10. The molecule has 0 aliphatic carbocycles. The van der Waals surface area contributed by atoms with Crippen LogP contribution in [-0.4, -0.2) is 24.5 Å². The molecule has 1 aromatic carbocycles. The molecule has 1 N–H and O–H groups in total. The summed E-state index contributed by atoms with van der Waals surface area (Å²) in [6.45, 7) is 0. The maximum absolute atomic E-state index is 10.9. The molecule has 0 saturated carbocycles. The molecule has 0 atom stereocenters. The van der Waals surface area contributed by atoms with Crippen LogP contribution in [0.1, 0.15) is 22.3 Å². The molecule has 0 unspecified atom stereocenters. The van der Waals surface area contributed by atoms with Crippen LogP contribution in [0.2, 0.25) is 0 Å². The summed E-state index contributed by atoms with van der Waals surface area (Å²) < 4.78 is 4.90. The van der Waals surface area contributed by atoms with Crippen molar-refractivity contribution in [3.05, 3.63) is 29.3 Å². The first-order chi connectivity index (χ1) is 7.69. The van der Waals surface area contributed by atoms with Crippen LogP contribution < -0.4 is 4.74 Å². The van der Waals surface area contributed by atoms with Crippen LogP contribution in [0.3, 0.4) is 0 Å². The van der Waals surface area contributed by atoms with Crippen molar-refractivity contribution in [1.82, 2.24) is 0 Å². The van der Waals surface area contributed by atoms with Crippen molar-refractivity contribution in [1.29, 1.82) is 0 Å². The Labute approximate surface area is 92.9 Å². The summed E-state index contributed by atoms with van der Waals surface area (Å²) in [5.74, 6) is 4.51. The minimum Gasteiger partial charge on any atom is -0.496 e. The number of methoxy groups -OCH3 is 1. The molecule has 0 aliphatic rings. The van der Waals surface area contributed by atoms with Gasteiger partial charge in [0.05, 0.1) is 13.5 Å². The molecule has 0 saturated heterocycles. The zero-order valence-corrected chi connectivity index (χ0v) is 8.69. The van der Waals surface area contributed by atoms with Crippen LogP contribution in [0.5, 0.6) is 5.75 Å². The molecule has 0 aromatic heterocycles. The second kappa shape index (κ2) is 5.56. The standard InChI is InChI=1S/C12H10O4/c1-16-11-6-5-9(4-2-3-7-13)8-10(11)12(14)15/h5-8H,3H2,1H3,(H,14,15). The lowest BCUT2D eigenvalue weighted by molar-refractivity contribution is -0.107. The number of ether oxygens (including phenoxy) is 1. The summed E-state index contributed by atoms with van der Waals surface area (Å²) in [4.78, 5) is 20.9. The van der Waals surface area contributed by atoms with Crippen LogP contribution in [-0.2, 0) is 4.79 Å². The fourth-order valence-corrected chi connectivity index (χ4v) is 1.15. The van der Waals surface area contributed by atoms with E-state index in [0.29, 0.717) is 11.8 Å². The fraction of sp³-hybridized carbons (Fsp3) is 0.167. The van der Waals surface area contributed by atoms with Crippen LogP contribution >= 0.6 is 0 Å². The van der Waals surface area contributed by atoms with Crippen LogP contribution in [0, 0.1) is 11.8 Å². The van der Waals surface area contributed by atoms with E-state index in [0.717, 1.165) is 0 Å². The SMILES string of the molecule is COc1ccc(C#CCC=O)cc1C(=O)O. The molecule has 0 heterocycles. The molecule has 82 valence electrons. The van der Waals surface area contributed by atoms with Crippen LogP contribution in [0.15, 0.2) is 18.2 Å². The molecular weight excluding hydrogens is 208 g/mol. The van der Waals surface area contributed by atoms with Crippen molar-refractivity contribution in [2.24, 2.45) is 0 Å². The van der Waals surface area contributed by atoms with E-state index in [1.807, 2.05) is 0 Å². The molecule has 0 radical (unpaired) electrons. The van der Waals surface area contributed by atoms with Crippen LogP contribution in [0.25, 0.3) is 0 Å². The Hall–Kier alpha value is -2.28. The normalized spacial score (nSPS) is 8.81. The van der Waals surface area contributed by atoms with Crippen molar-refractivity contribution in [2.75, 3.05) is 7.11 Å². The van der Waals surface area contributed by atoms with Gasteiger partial charge in [0.2, 0.25) is 0 Å². The molecule has 0 amide bonds. The van der Waals surface area contributed by atoms with Gasteiger partial charge in [0.1, 0.15) is 17.6 Å². The van der Waals surface area contributed by atoms with E-state index >= 15 is 0 Å². The highest BCUT2D eigenvalue weighted by atomic mass is 16.5. The Balaban J connectivity index is 3.08. The maximum Gasteiger partial charge on any atom is 0.339 e. The molecule has 4 heteroatoms. The molecule has 16 heavy (non-hydrogen) atoms. The van der Waals surface area contributed by atoms with Crippen molar-refractivity contribution in [3.63, 3.8) is 0 Å². The molecule has 0 fully saturated rings. The largest absolute Gasteiger partial charge is 0.496 e. The maximum atomic E-state index is 10.9. The fourth-order valence-electron chi connectivity index (χ4n) is 1.15. The lowest BCUT2D eigenvalue weighted by Gasteiger charge is -2.04. The first-order valence-corrected chi connectivity index (χ1v) is 4.53. The Morgan fingerprint density at radius 1 is 1.56 bits per heavy atom. The lowest BCUT2D eigenvalue weighted by Crippen LogP contribution is -2.00. The van der Waals surface area contributed by atoms with E-state index in [4.69, 9.17) is 9.84 Å². The number of carboxylic acids is 1. The summed E-state index contributed by atoms with van der Waals surface area (Å²) in [5, 5.41) is 8.91. The number of carbonyl (C=O) groups excluding carboxylic acids is 1. The molecule has 4 nitrogen and oxygen atoms in total. The van der Waals surface area contributed by atoms with E-state index in [-0.39, 0.29) is 17.7 Å². The van der Waals surface area contributed by atoms with Gasteiger partial charge in [0, 0.05) is 5.56 Å². The number of aromatic carboxylic acids is 1. The predicted octanol–water partition coefficient (Wildman–Crippen LogP) is 1.33. The number of hydrogen-bond donors (Lipinski definition) is 1. The monoisotopic (exact) mass is 218 g/mol. The van der Waals surface area contributed by atoms with Gasteiger partial charge in [0.15, 0.2) is 0 Å². The van der Waals surface area contributed by atoms with E-state index < -0.39 is 5.97 Å². The van der Waals surface area contributed by atoms with E-state index in [1.54, 1.807) is 6.07 Å². The Bertz CT molecular complexity index is 466. The van der Waals surface area contributed by atoms with Gasteiger partial charge < -0.3 is 14.6 Å². The van der Waals surface area contributed by atoms with Gasteiger partial charge in [-0.2, -0.15) is 0 Å². The number of carbonyl (C=O) groups is 2. The molecular formula is C12H10O4. The molecule has 0 spiro atoms. The summed E-state index contributed by atoms with van der Waals surface area (Å²) in [7, 11) is 1.40. The van der Waals surface area contributed by atoms with E-state index in [9.17, 15) is 9.59 Å². The summed E-state index contributed by atoms with van der Waals surface area (Å²) >= 11 is 0. The first-order valence-electron chi connectivity index (χ1n) is 4.53. The second-order valence-corrected chi connectivity index (χ2v) is 2.89. The Morgan fingerprint density at radius 2 is 2.31 bits per heavy atom. The quantitative estimate of drug-likeness (QED) is 0.614. The minimum atomic E-state index is -1.07. The van der Waals surface area contributed by atoms with Gasteiger partial charge in [-0.25, -0.2) is 4.79 Å². The lowest BCUT2D eigenvalue weighted by atomic mass is 10.1. The van der Waals surface area contributed by atoms with E-state index in [2.05, 4.69) is 11.8 Å². The Kier molecular flexibility index (Phi) is 4.10. The number of rotatable bonds is 3. The summed E-state index contributed by atoms with van der Waals surface area (Å²) in [5.41, 5.74) is 0.598. The minimum absolute atomic E-state index is 0.0559. The summed E-state index contributed by atoms with van der Waals surface area (Å²) in [6.07, 6.45) is 0.822. The van der Waals surface area contributed by atoms with Gasteiger partial charge in [0.25, 0.3) is 0 Å². The van der Waals surface area contributed by atoms with Crippen molar-refractivity contribution in [2.45, 2.75) is 6.42 Å². The zero-order chi connectivity index (χ0) is 12.0. The number of benzene rings is 1. The summed E-state index contributed by atoms with van der Waals surface area (Å²) in [6, 6.07) is 4.59. The third-order valence-electron chi connectivity index (χ3n) is 1.85. The van der Waals surface area contributed by atoms with Crippen molar-refractivity contribution < 1.29 is 19.4 Å². The van der Waals surface area contributed by atoms with Gasteiger partial charge >= 0.3 is 5.97 Å². The average Bonchev–Trinajstić information content (AvgIpc) is 2.29. The first kappa shape index (κ1) is 11.8. The second-order valence-electron chi connectivity index (χ2n) is 2.89. The average molecular weight is 218 g/mol. The van der Waals surface area contributed by atoms with Gasteiger partial charge in [-0.1, -0.05) is 11.8 Å². The topological polar surface area (TPSA) is 63.6 Å².